The first-order valence-electron chi connectivity index (χ1n) is 9.78. The smallest absolute Gasteiger partial charge is 0.251 e. The van der Waals surface area contributed by atoms with Gasteiger partial charge in [0.1, 0.15) is 11.6 Å². The number of amides is 2. The summed E-state index contributed by atoms with van der Waals surface area (Å²) in [5.41, 5.74) is 2.04. The van der Waals surface area contributed by atoms with E-state index in [1.54, 1.807) is 31.4 Å². The maximum absolute atomic E-state index is 12.4. The van der Waals surface area contributed by atoms with E-state index in [0.29, 0.717) is 28.8 Å². The number of methoxy groups -OCH3 is 1. The zero-order chi connectivity index (χ0) is 21.1. The molecule has 1 saturated carbocycles. The van der Waals surface area contributed by atoms with Crippen LogP contribution in [0.15, 0.2) is 48.5 Å². The molecule has 1 fully saturated rings. The van der Waals surface area contributed by atoms with Gasteiger partial charge in [0.2, 0.25) is 5.91 Å². The molecule has 0 saturated heterocycles. The van der Waals surface area contributed by atoms with Gasteiger partial charge in [-0.25, -0.2) is 4.98 Å². The predicted octanol–water partition coefficient (Wildman–Crippen LogP) is 3.00. The molecule has 4 rings (SSSR count). The van der Waals surface area contributed by atoms with Gasteiger partial charge in [-0.15, -0.1) is 0 Å². The van der Waals surface area contributed by atoms with Crippen molar-refractivity contribution in [2.45, 2.75) is 19.9 Å². The number of aromatic amines is 1. The number of rotatable bonds is 7. The molecule has 2 amide bonds. The Hall–Kier alpha value is -3.68. The number of hydrogen-bond acceptors (Lipinski definition) is 5. The van der Waals surface area contributed by atoms with Crippen LogP contribution in [0.3, 0.4) is 0 Å². The van der Waals surface area contributed by atoms with Crippen molar-refractivity contribution >= 4 is 17.5 Å². The van der Waals surface area contributed by atoms with Crippen molar-refractivity contribution in [3.8, 4) is 17.1 Å². The van der Waals surface area contributed by atoms with Crippen molar-refractivity contribution < 1.29 is 14.3 Å². The van der Waals surface area contributed by atoms with Gasteiger partial charge >= 0.3 is 0 Å². The first kappa shape index (κ1) is 19.6. The van der Waals surface area contributed by atoms with Gasteiger partial charge in [-0.2, -0.15) is 5.10 Å². The first-order chi connectivity index (χ1) is 14.5. The molecule has 0 spiro atoms. The molecule has 154 valence electrons. The van der Waals surface area contributed by atoms with Crippen molar-refractivity contribution in [1.29, 1.82) is 0 Å². The number of H-pyrrole nitrogens is 1. The van der Waals surface area contributed by atoms with E-state index >= 15 is 0 Å². The van der Waals surface area contributed by atoms with Crippen LogP contribution in [-0.4, -0.2) is 34.1 Å². The highest BCUT2D eigenvalue weighted by Gasteiger charge is 2.39. The van der Waals surface area contributed by atoms with Crippen LogP contribution < -0.4 is 15.4 Å². The van der Waals surface area contributed by atoms with Crippen molar-refractivity contribution in [2.75, 3.05) is 12.4 Å². The van der Waals surface area contributed by atoms with Gasteiger partial charge in [0, 0.05) is 22.7 Å². The van der Waals surface area contributed by atoms with Gasteiger partial charge in [0.25, 0.3) is 5.91 Å². The van der Waals surface area contributed by atoms with Crippen molar-refractivity contribution in [3.63, 3.8) is 0 Å². The third-order valence-corrected chi connectivity index (χ3v) is 5.16. The Balaban J connectivity index is 1.31. The topological polar surface area (TPSA) is 109 Å². The Kier molecular flexibility index (Phi) is 5.47. The van der Waals surface area contributed by atoms with Crippen LogP contribution in [-0.2, 0) is 11.3 Å². The average Bonchev–Trinajstić information content (AvgIpc) is 3.32. The molecule has 8 nitrogen and oxygen atoms in total. The van der Waals surface area contributed by atoms with Gasteiger partial charge in [-0.05, 0) is 60.9 Å². The van der Waals surface area contributed by atoms with E-state index in [9.17, 15) is 9.59 Å². The molecule has 1 aromatic heterocycles. The lowest BCUT2D eigenvalue weighted by Gasteiger charge is -2.06. The normalized spacial score (nSPS) is 17.3. The Morgan fingerprint density at radius 3 is 2.47 bits per heavy atom. The fourth-order valence-corrected chi connectivity index (χ4v) is 3.14. The number of anilines is 1. The van der Waals surface area contributed by atoms with E-state index in [1.165, 1.54) is 0 Å². The second-order valence-electron chi connectivity index (χ2n) is 7.40. The average molecular weight is 405 g/mol. The van der Waals surface area contributed by atoms with Gasteiger partial charge in [0.05, 0.1) is 13.7 Å². The first-order valence-corrected chi connectivity index (χ1v) is 9.78. The fourth-order valence-electron chi connectivity index (χ4n) is 3.14. The third kappa shape index (κ3) is 4.48. The van der Waals surface area contributed by atoms with E-state index in [-0.39, 0.29) is 24.3 Å². The molecule has 0 bridgehead atoms. The van der Waals surface area contributed by atoms with E-state index in [2.05, 4.69) is 32.7 Å². The Bertz CT molecular complexity index is 1040. The van der Waals surface area contributed by atoms with E-state index in [1.807, 2.05) is 24.3 Å². The molecule has 2 unspecified atom stereocenters. The van der Waals surface area contributed by atoms with Crippen molar-refractivity contribution in [1.82, 2.24) is 20.5 Å². The number of aromatic nitrogens is 3. The molecule has 8 heteroatoms. The molecule has 2 atom stereocenters. The summed E-state index contributed by atoms with van der Waals surface area (Å²) in [6, 6.07) is 14.2. The van der Waals surface area contributed by atoms with Crippen LogP contribution in [0.2, 0.25) is 0 Å². The highest BCUT2D eigenvalue weighted by Crippen LogP contribution is 2.38. The lowest BCUT2D eigenvalue weighted by Crippen LogP contribution is -2.23. The number of ether oxygens (including phenoxy) is 1. The second-order valence-corrected chi connectivity index (χ2v) is 7.40. The standard InChI is InChI=1S/C22H23N5O3/c1-13-11-18(13)22(29)24-16-7-3-15(4-8-16)21(28)23-12-19-25-20(27-26-19)14-5-9-17(30-2)10-6-14/h3-10,13,18H,11-12H2,1-2H3,(H,23,28)(H,24,29)(H,25,26,27). The van der Waals surface area contributed by atoms with Crippen LogP contribution in [0.5, 0.6) is 5.75 Å². The maximum Gasteiger partial charge on any atom is 0.251 e. The minimum Gasteiger partial charge on any atom is -0.497 e. The van der Waals surface area contributed by atoms with Crippen LogP contribution in [0.25, 0.3) is 11.4 Å². The quantitative estimate of drug-likeness (QED) is 0.560. The minimum atomic E-state index is -0.230. The number of nitrogens with one attached hydrogen (secondary N) is 3. The molecule has 1 heterocycles. The summed E-state index contributed by atoms with van der Waals surface area (Å²) in [4.78, 5) is 28.8. The summed E-state index contributed by atoms with van der Waals surface area (Å²) in [5.74, 6) is 2.23. The number of carbonyl (C=O) groups is 2. The van der Waals surface area contributed by atoms with Crippen molar-refractivity contribution in [3.05, 3.63) is 59.9 Å². The molecule has 3 aromatic rings. The maximum atomic E-state index is 12.4. The highest BCUT2D eigenvalue weighted by atomic mass is 16.5. The van der Waals surface area contributed by atoms with Crippen LogP contribution >= 0.6 is 0 Å². The van der Waals surface area contributed by atoms with Crippen LogP contribution in [0.1, 0.15) is 29.5 Å². The minimum absolute atomic E-state index is 0.0395. The number of carbonyl (C=O) groups excluding carboxylic acids is 2. The zero-order valence-corrected chi connectivity index (χ0v) is 16.8. The van der Waals surface area contributed by atoms with Crippen LogP contribution in [0.4, 0.5) is 5.69 Å². The van der Waals surface area contributed by atoms with Gasteiger partial charge in [0.15, 0.2) is 5.82 Å². The molecular formula is C22H23N5O3. The molecular weight excluding hydrogens is 382 g/mol. The Morgan fingerprint density at radius 2 is 1.83 bits per heavy atom. The fraction of sp³-hybridized carbons (Fsp3) is 0.273. The summed E-state index contributed by atoms with van der Waals surface area (Å²) < 4.78 is 5.14. The van der Waals surface area contributed by atoms with E-state index in [0.717, 1.165) is 17.7 Å². The Morgan fingerprint density at radius 1 is 1.13 bits per heavy atom. The summed E-state index contributed by atoms with van der Waals surface area (Å²) >= 11 is 0. The summed E-state index contributed by atoms with van der Waals surface area (Å²) in [6.07, 6.45) is 0.939. The Labute approximate surface area is 174 Å². The second kappa shape index (κ2) is 8.36. The summed E-state index contributed by atoms with van der Waals surface area (Å²) in [5, 5.41) is 12.7. The number of hydrogen-bond donors (Lipinski definition) is 3. The molecule has 0 radical (unpaired) electrons. The molecule has 1 aliphatic carbocycles. The van der Waals surface area contributed by atoms with Gasteiger partial charge < -0.3 is 15.4 Å². The van der Waals surface area contributed by atoms with E-state index in [4.69, 9.17) is 4.74 Å². The monoisotopic (exact) mass is 405 g/mol. The largest absolute Gasteiger partial charge is 0.497 e. The molecule has 1 aliphatic rings. The molecule has 3 N–H and O–H groups in total. The molecule has 2 aromatic carbocycles. The third-order valence-electron chi connectivity index (χ3n) is 5.16. The molecule has 30 heavy (non-hydrogen) atoms. The zero-order valence-electron chi connectivity index (χ0n) is 16.8. The number of benzene rings is 2. The highest BCUT2D eigenvalue weighted by molar-refractivity contribution is 5.96. The summed E-state index contributed by atoms with van der Waals surface area (Å²) in [7, 11) is 1.61. The number of nitrogens with zero attached hydrogens (tertiary/aromatic N) is 2. The van der Waals surface area contributed by atoms with Gasteiger partial charge in [-0.1, -0.05) is 6.92 Å². The predicted molar refractivity (Wildman–Crippen MR) is 112 cm³/mol. The van der Waals surface area contributed by atoms with E-state index < -0.39 is 0 Å². The lowest BCUT2D eigenvalue weighted by molar-refractivity contribution is -0.117. The lowest BCUT2D eigenvalue weighted by atomic mass is 10.2. The van der Waals surface area contributed by atoms with Crippen molar-refractivity contribution in [2.24, 2.45) is 11.8 Å². The summed E-state index contributed by atoms with van der Waals surface area (Å²) in [6.45, 7) is 2.28. The van der Waals surface area contributed by atoms with Crippen LogP contribution in [0, 0.1) is 11.8 Å². The SMILES string of the molecule is COc1ccc(-c2n[nH]c(CNC(=O)c3ccc(NC(=O)C4CC4C)cc3)n2)cc1. The molecule has 0 aliphatic heterocycles. The van der Waals surface area contributed by atoms with Gasteiger partial charge in [-0.3, -0.25) is 14.7 Å².